The van der Waals surface area contributed by atoms with Crippen LogP contribution >= 0.6 is 11.3 Å². The number of hydrogen-bond acceptors (Lipinski definition) is 8. The molecule has 0 aliphatic heterocycles. The van der Waals surface area contributed by atoms with E-state index >= 15 is 0 Å². The lowest BCUT2D eigenvalue weighted by molar-refractivity contribution is -0.763. The summed E-state index contributed by atoms with van der Waals surface area (Å²) in [7, 11) is 0. The van der Waals surface area contributed by atoms with Gasteiger partial charge >= 0.3 is 6.09 Å². The molecule has 172 valence electrons. The Morgan fingerprint density at radius 1 is 1.30 bits per heavy atom. The Morgan fingerprint density at radius 2 is 2.06 bits per heavy atom. The van der Waals surface area contributed by atoms with E-state index in [2.05, 4.69) is 27.0 Å². The molecule has 3 rings (SSSR count). The maximum Gasteiger partial charge on any atom is 0.407 e. The molecule has 0 saturated carbocycles. The predicted octanol–water partition coefficient (Wildman–Crippen LogP) is 3.78. The average molecular weight is 474 g/mol. The number of alkyl carbamates (subject to hydrolysis) is 1. The highest BCUT2D eigenvalue weighted by atomic mass is 32.1. The maximum atomic E-state index is 13.9. The summed E-state index contributed by atoms with van der Waals surface area (Å²) < 4.78 is 19.4. The van der Waals surface area contributed by atoms with Crippen molar-refractivity contribution in [2.75, 3.05) is 18.5 Å². The number of nitrogens with zero attached hydrogens (tertiary/aromatic N) is 2. The zero-order chi connectivity index (χ0) is 23.8. The van der Waals surface area contributed by atoms with E-state index in [1.807, 2.05) is 0 Å². The molecule has 0 bridgehead atoms. The van der Waals surface area contributed by atoms with Crippen LogP contribution in [0.15, 0.2) is 55.4 Å². The number of anilines is 1. The van der Waals surface area contributed by atoms with E-state index in [0.29, 0.717) is 26.2 Å². The summed E-state index contributed by atoms with van der Waals surface area (Å²) in [4.78, 5) is 43.4. The molecule has 0 aliphatic rings. The molecule has 2 heterocycles. The van der Waals surface area contributed by atoms with Crippen LogP contribution in [0.4, 0.5) is 14.2 Å². The fraction of sp³-hybridized carbons (Fsp3) is 0.190. The molecule has 1 atom stereocenters. The molecule has 1 unspecified atom stereocenters. The van der Waals surface area contributed by atoms with Gasteiger partial charge in [0.05, 0.1) is 21.8 Å². The smallest absolute Gasteiger partial charge is 0.407 e. The molecule has 2 amide bonds. The first-order valence-corrected chi connectivity index (χ1v) is 10.4. The number of benzene rings is 1. The molecule has 2 N–H and O–H groups in total. The van der Waals surface area contributed by atoms with E-state index in [4.69, 9.17) is 4.74 Å². The number of rotatable bonds is 10. The monoisotopic (exact) mass is 474 g/mol. The average Bonchev–Trinajstić information content (AvgIpc) is 3.21. The molecule has 2 aromatic heterocycles. The van der Waals surface area contributed by atoms with Gasteiger partial charge in [-0.2, -0.15) is 0 Å². The van der Waals surface area contributed by atoms with Gasteiger partial charge in [0, 0.05) is 18.1 Å². The van der Waals surface area contributed by atoms with E-state index in [-0.39, 0.29) is 19.8 Å². The topological polar surface area (TPSA) is 133 Å². The third kappa shape index (κ3) is 6.46. The number of halogens is 1. The van der Waals surface area contributed by atoms with Crippen molar-refractivity contribution in [2.45, 2.75) is 12.5 Å². The van der Waals surface area contributed by atoms with E-state index in [9.17, 15) is 24.1 Å². The van der Waals surface area contributed by atoms with Gasteiger partial charge in [0.25, 0.3) is 5.09 Å². The molecule has 3 aromatic rings. The number of aromatic nitrogens is 1. The second-order valence-electron chi connectivity index (χ2n) is 6.69. The van der Waals surface area contributed by atoms with Crippen LogP contribution in [0.25, 0.3) is 10.1 Å². The van der Waals surface area contributed by atoms with E-state index in [1.54, 1.807) is 24.3 Å². The van der Waals surface area contributed by atoms with E-state index in [1.165, 1.54) is 18.3 Å². The van der Waals surface area contributed by atoms with Gasteiger partial charge in [0.2, 0.25) is 5.91 Å². The highest BCUT2D eigenvalue weighted by Crippen LogP contribution is 2.31. The van der Waals surface area contributed by atoms with Crippen LogP contribution in [0.1, 0.15) is 17.0 Å². The molecule has 0 fully saturated rings. The summed E-state index contributed by atoms with van der Waals surface area (Å²) >= 11 is 1.16. The first-order chi connectivity index (χ1) is 15.9. The molecular formula is C21H19FN4O6S. The van der Waals surface area contributed by atoms with Crippen molar-refractivity contribution in [1.82, 2.24) is 10.3 Å². The quantitative estimate of drug-likeness (QED) is 0.260. The van der Waals surface area contributed by atoms with Gasteiger partial charge < -0.3 is 20.2 Å². The minimum absolute atomic E-state index is 0.00915. The van der Waals surface area contributed by atoms with Crippen molar-refractivity contribution in [3.63, 3.8) is 0 Å². The van der Waals surface area contributed by atoms with Gasteiger partial charge in [0.15, 0.2) is 0 Å². The van der Waals surface area contributed by atoms with Gasteiger partial charge in [-0.3, -0.25) is 9.78 Å². The number of thiophene rings is 1. The van der Waals surface area contributed by atoms with Crippen LogP contribution in [0.3, 0.4) is 0 Å². The summed E-state index contributed by atoms with van der Waals surface area (Å²) in [5, 5.41) is 15.5. The van der Waals surface area contributed by atoms with Crippen LogP contribution in [0.5, 0.6) is 0 Å². The van der Waals surface area contributed by atoms with Gasteiger partial charge in [0.1, 0.15) is 19.0 Å². The summed E-state index contributed by atoms with van der Waals surface area (Å²) in [5.74, 6) is -1.78. The van der Waals surface area contributed by atoms with Crippen LogP contribution in [0, 0.1) is 15.9 Å². The summed E-state index contributed by atoms with van der Waals surface area (Å²) in [5.41, 5.74) is 1.07. The SMILES string of the molecule is C=CCOC(=O)NCC(C(=O)Nc1cc2c(F)cncc2s1)c1ccc(CO[N+](=O)[O-])cc1. The first-order valence-electron chi connectivity index (χ1n) is 9.59. The highest BCUT2D eigenvalue weighted by Gasteiger charge is 2.23. The Morgan fingerprint density at radius 3 is 2.73 bits per heavy atom. The van der Waals surface area contributed by atoms with Gasteiger partial charge in [-0.15, -0.1) is 21.5 Å². The molecule has 0 saturated heterocycles. The van der Waals surface area contributed by atoms with Crippen LogP contribution < -0.4 is 10.6 Å². The minimum atomic E-state index is -0.897. The zero-order valence-electron chi connectivity index (χ0n) is 17.2. The third-order valence-electron chi connectivity index (χ3n) is 4.46. The Bertz CT molecular complexity index is 1170. The number of nitrogens with one attached hydrogen (secondary N) is 2. The number of carbonyl (C=O) groups excluding carboxylic acids is 2. The predicted molar refractivity (Wildman–Crippen MR) is 119 cm³/mol. The van der Waals surface area contributed by atoms with Crippen molar-refractivity contribution in [2.24, 2.45) is 0 Å². The summed E-state index contributed by atoms with van der Waals surface area (Å²) in [6.45, 7) is 3.14. The fourth-order valence-corrected chi connectivity index (χ4v) is 3.85. The summed E-state index contributed by atoms with van der Waals surface area (Å²) in [6.07, 6.45) is 3.27. The van der Waals surface area contributed by atoms with Crippen molar-refractivity contribution < 1.29 is 28.6 Å². The molecule has 12 heteroatoms. The molecule has 0 spiro atoms. The second kappa shape index (κ2) is 11.0. The van der Waals surface area contributed by atoms with E-state index in [0.717, 1.165) is 17.5 Å². The Balaban J connectivity index is 1.78. The molecular weight excluding hydrogens is 455 g/mol. The number of pyridine rings is 1. The standard InChI is InChI=1S/C21H19FN4O6S/c1-2-7-31-21(28)24-9-16(14-5-3-13(4-6-14)12-32-26(29)30)20(27)25-19-8-15-17(22)10-23-11-18(15)33-19/h2-6,8,10-11,16H,1,7,9,12H2,(H,24,28)(H,25,27). The molecule has 1 aromatic carbocycles. The normalized spacial score (nSPS) is 11.4. The number of hydrogen-bond donors (Lipinski definition) is 2. The van der Waals surface area contributed by atoms with Gasteiger partial charge in [-0.05, 0) is 17.2 Å². The number of ether oxygens (including phenoxy) is 1. The van der Waals surface area contributed by atoms with Gasteiger partial charge in [-0.1, -0.05) is 36.9 Å². The highest BCUT2D eigenvalue weighted by molar-refractivity contribution is 7.22. The Kier molecular flexibility index (Phi) is 7.86. The first kappa shape index (κ1) is 23.6. The van der Waals surface area contributed by atoms with Gasteiger partial charge in [-0.25, -0.2) is 9.18 Å². The molecule has 0 radical (unpaired) electrons. The number of fused-ring (bicyclic) bond motifs is 1. The third-order valence-corrected chi connectivity index (χ3v) is 5.45. The fourth-order valence-electron chi connectivity index (χ4n) is 2.90. The Labute approximate surface area is 191 Å². The van der Waals surface area contributed by atoms with Crippen molar-refractivity contribution in [3.8, 4) is 0 Å². The lowest BCUT2D eigenvalue weighted by atomic mass is 9.97. The van der Waals surface area contributed by atoms with E-state index < -0.39 is 28.8 Å². The van der Waals surface area contributed by atoms with Crippen LogP contribution in [0.2, 0.25) is 0 Å². The minimum Gasteiger partial charge on any atom is -0.445 e. The van der Waals surface area contributed by atoms with Crippen molar-refractivity contribution in [1.29, 1.82) is 0 Å². The van der Waals surface area contributed by atoms with Crippen molar-refractivity contribution in [3.05, 3.63) is 82.4 Å². The lowest BCUT2D eigenvalue weighted by Gasteiger charge is -2.18. The summed E-state index contributed by atoms with van der Waals surface area (Å²) in [6, 6.07) is 7.88. The molecule has 0 aliphatic carbocycles. The second-order valence-corrected chi connectivity index (χ2v) is 7.78. The van der Waals surface area contributed by atoms with Crippen LogP contribution in [-0.4, -0.2) is 35.2 Å². The largest absolute Gasteiger partial charge is 0.445 e. The molecule has 10 nitrogen and oxygen atoms in total. The zero-order valence-corrected chi connectivity index (χ0v) is 18.0. The number of carbonyl (C=O) groups is 2. The number of amides is 2. The van der Waals surface area contributed by atoms with Crippen LogP contribution in [-0.2, 0) is 21.0 Å². The maximum absolute atomic E-state index is 13.9. The lowest BCUT2D eigenvalue weighted by Crippen LogP contribution is -2.34. The molecule has 33 heavy (non-hydrogen) atoms. The van der Waals surface area contributed by atoms with Crippen molar-refractivity contribution >= 4 is 38.4 Å². The Hall–Kier alpha value is -4.06.